The van der Waals surface area contributed by atoms with E-state index in [1.165, 1.54) is 0 Å². The number of hydrogen-bond acceptors (Lipinski definition) is 4. The van der Waals surface area contributed by atoms with E-state index in [-0.39, 0.29) is 32.7 Å². The Kier molecular flexibility index (Phi) is 7.07. The fourth-order valence-electron chi connectivity index (χ4n) is 1.15. The molecular formula is C9H16F3NO3. The van der Waals surface area contributed by atoms with Crippen molar-refractivity contribution in [3.8, 4) is 0 Å². The quantitative estimate of drug-likeness (QED) is 0.672. The van der Waals surface area contributed by atoms with Gasteiger partial charge in [-0.05, 0) is 6.92 Å². The number of rotatable bonds is 7. The molecule has 0 unspecified atom stereocenters. The Morgan fingerprint density at radius 2 is 2.00 bits per heavy atom. The van der Waals surface area contributed by atoms with Crippen molar-refractivity contribution in [2.75, 3.05) is 32.8 Å². The molecule has 0 bridgehead atoms. The van der Waals surface area contributed by atoms with E-state index < -0.39 is 18.7 Å². The van der Waals surface area contributed by atoms with Gasteiger partial charge in [-0.1, -0.05) is 0 Å². The monoisotopic (exact) mass is 243 g/mol. The minimum Gasteiger partial charge on any atom is -0.466 e. The molecule has 0 saturated carbocycles. The maximum atomic E-state index is 12.1. The van der Waals surface area contributed by atoms with Crippen molar-refractivity contribution < 1.29 is 27.8 Å². The number of alkyl halides is 3. The van der Waals surface area contributed by atoms with Crippen LogP contribution in [0.15, 0.2) is 0 Å². The van der Waals surface area contributed by atoms with Crippen LogP contribution in [0, 0.1) is 0 Å². The third kappa shape index (κ3) is 8.49. The van der Waals surface area contributed by atoms with Crippen LogP contribution in [0.25, 0.3) is 0 Å². The molecule has 0 fully saturated rings. The first-order valence-corrected chi connectivity index (χ1v) is 4.94. The molecule has 16 heavy (non-hydrogen) atoms. The number of esters is 1. The van der Waals surface area contributed by atoms with Gasteiger partial charge >= 0.3 is 12.1 Å². The molecule has 0 aliphatic rings. The van der Waals surface area contributed by atoms with Crippen molar-refractivity contribution in [2.45, 2.75) is 19.5 Å². The molecule has 0 aliphatic carbocycles. The molecule has 1 N–H and O–H groups in total. The average molecular weight is 243 g/mol. The molecular weight excluding hydrogens is 227 g/mol. The van der Waals surface area contributed by atoms with Gasteiger partial charge in [0.15, 0.2) is 0 Å². The van der Waals surface area contributed by atoms with Crippen molar-refractivity contribution in [2.24, 2.45) is 0 Å². The van der Waals surface area contributed by atoms with Crippen LogP contribution in [0.5, 0.6) is 0 Å². The fourth-order valence-corrected chi connectivity index (χ4v) is 1.15. The van der Waals surface area contributed by atoms with E-state index in [0.29, 0.717) is 0 Å². The Labute approximate surface area is 92.0 Å². The summed E-state index contributed by atoms with van der Waals surface area (Å²) in [6, 6.07) is 0. The SMILES string of the molecule is CCOC(=O)CCN(CCO)CC(F)(F)F. The second-order valence-electron chi connectivity index (χ2n) is 3.17. The number of hydrogen-bond donors (Lipinski definition) is 1. The number of aliphatic hydroxyl groups excluding tert-OH is 1. The zero-order chi connectivity index (χ0) is 12.6. The largest absolute Gasteiger partial charge is 0.466 e. The first kappa shape index (κ1) is 15.2. The van der Waals surface area contributed by atoms with Gasteiger partial charge in [-0.15, -0.1) is 0 Å². The average Bonchev–Trinajstić information content (AvgIpc) is 2.13. The first-order chi connectivity index (χ1) is 7.39. The highest BCUT2D eigenvalue weighted by molar-refractivity contribution is 5.69. The summed E-state index contributed by atoms with van der Waals surface area (Å²) in [7, 11) is 0. The standard InChI is InChI=1S/C9H16F3NO3/c1-2-16-8(15)3-4-13(5-6-14)7-9(10,11)12/h14H,2-7H2,1H3. The van der Waals surface area contributed by atoms with Gasteiger partial charge in [0.1, 0.15) is 0 Å². The normalized spacial score (nSPS) is 11.9. The maximum Gasteiger partial charge on any atom is 0.401 e. The van der Waals surface area contributed by atoms with Gasteiger partial charge in [0.05, 0.1) is 26.2 Å². The van der Waals surface area contributed by atoms with Crippen LogP contribution in [0.2, 0.25) is 0 Å². The van der Waals surface area contributed by atoms with Crippen LogP contribution in [-0.4, -0.2) is 55.0 Å². The molecule has 0 rings (SSSR count). The lowest BCUT2D eigenvalue weighted by Crippen LogP contribution is -2.37. The summed E-state index contributed by atoms with van der Waals surface area (Å²) in [5.41, 5.74) is 0. The van der Waals surface area contributed by atoms with Gasteiger partial charge in [0.2, 0.25) is 0 Å². The fraction of sp³-hybridized carbons (Fsp3) is 0.889. The van der Waals surface area contributed by atoms with Crippen molar-refractivity contribution >= 4 is 5.97 Å². The van der Waals surface area contributed by atoms with Gasteiger partial charge in [0, 0.05) is 13.1 Å². The molecule has 0 radical (unpaired) electrons. The number of halogens is 3. The summed E-state index contributed by atoms with van der Waals surface area (Å²) < 4.78 is 40.8. The molecule has 0 saturated heterocycles. The van der Waals surface area contributed by atoms with E-state index in [1.54, 1.807) is 6.92 Å². The van der Waals surface area contributed by atoms with Crippen LogP contribution in [-0.2, 0) is 9.53 Å². The number of aliphatic hydroxyl groups is 1. The van der Waals surface area contributed by atoms with Gasteiger partial charge in [-0.2, -0.15) is 13.2 Å². The van der Waals surface area contributed by atoms with Crippen LogP contribution >= 0.6 is 0 Å². The Balaban J connectivity index is 3.98. The molecule has 4 nitrogen and oxygen atoms in total. The highest BCUT2D eigenvalue weighted by Gasteiger charge is 2.30. The van der Waals surface area contributed by atoms with E-state index in [4.69, 9.17) is 5.11 Å². The minimum absolute atomic E-state index is 0.0705. The van der Waals surface area contributed by atoms with Gasteiger partial charge in [-0.3, -0.25) is 9.69 Å². The molecule has 0 heterocycles. The van der Waals surface area contributed by atoms with Crippen molar-refractivity contribution in [1.82, 2.24) is 4.90 Å². The zero-order valence-corrected chi connectivity index (χ0v) is 9.09. The van der Waals surface area contributed by atoms with Gasteiger partial charge < -0.3 is 9.84 Å². The molecule has 0 aliphatic heterocycles. The lowest BCUT2D eigenvalue weighted by atomic mass is 10.3. The topological polar surface area (TPSA) is 49.8 Å². The van der Waals surface area contributed by atoms with Crippen molar-refractivity contribution in [3.05, 3.63) is 0 Å². The first-order valence-electron chi connectivity index (χ1n) is 4.94. The molecule has 0 amide bonds. The summed E-state index contributed by atoms with van der Waals surface area (Å²) >= 11 is 0. The highest BCUT2D eigenvalue weighted by Crippen LogP contribution is 2.16. The molecule has 0 spiro atoms. The molecule has 0 aromatic rings. The number of carbonyl (C=O) groups excluding carboxylic acids is 1. The van der Waals surface area contributed by atoms with E-state index in [1.807, 2.05) is 0 Å². The maximum absolute atomic E-state index is 12.1. The number of ether oxygens (including phenoxy) is 1. The predicted octanol–water partition coefficient (Wildman–Crippen LogP) is 0.796. The van der Waals surface area contributed by atoms with Crippen molar-refractivity contribution in [1.29, 1.82) is 0 Å². The molecule has 0 aromatic carbocycles. The number of carbonyl (C=O) groups is 1. The number of nitrogens with zero attached hydrogens (tertiary/aromatic N) is 1. The van der Waals surface area contributed by atoms with Crippen LogP contribution < -0.4 is 0 Å². The minimum atomic E-state index is -4.33. The molecule has 7 heteroatoms. The third-order valence-electron chi connectivity index (χ3n) is 1.76. The Morgan fingerprint density at radius 1 is 1.38 bits per heavy atom. The van der Waals surface area contributed by atoms with Crippen LogP contribution in [0.3, 0.4) is 0 Å². The summed E-state index contributed by atoms with van der Waals surface area (Å²) in [6.07, 6.45) is -4.44. The van der Waals surface area contributed by atoms with Crippen LogP contribution in [0.1, 0.15) is 13.3 Å². The van der Waals surface area contributed by atoms with E-state index in [9.17, 15) is 18.0 Å². The summed E-state index contributed by atoms with van der Waals surface area (Å²) in [5.74, 6) is -0.535. The third-order valence-corrected chi connectivity index (χ3v) is 1.76. The predicted molar refractivity (Wildman–Crippen MR) is 50.8 cm³/mol. The summed E-state index contributed by atoms with van der Waals surface area (Å²) in [4.78, 5) is 11.9. The van der Waals surface area contributed by atoms with Crippen molar-refractivity contribution in [3.63, 3.8) is 0 Å². The molecule has 96 valence electrons. The second kappa shape index (κ2) is 7.45. The Bertz CT molecular complexity index is 209. The van der Waals surface area contributed by atoms with E-state index in [0.717, 1.165) is 4.90 Å². The van der Waals surface area contributed by atoms with E-state index in [2.05, 4.69) is 4.74 Å². The second-order valence-corrected chi connectivity index (χ2v) is 3.17. The molecule has 0 aromatic heterocycles. The molecule has 0 atom stereocenters. The lowest BCUT2D eigenvalue weighted by Gasteiger charge is -2.21. The lowest BCUT2D eigenvalue weighted by molar-refractivity contribution is -0.152. The zero-order valence-electron chi connectivity index (χ0n) is 9.09. The highest BCUT2D eigenvalue weighted by atomic mass is 19.4. The van der Waals surface area contributed by atoms with Gasteiger partial charge in [-0.25, -0.2) is 0 Å². The smallest absolute Gasteiger partial charge is 0.401 e. The Morgan fingerprint density at radius 3 is 2.44 bits per heavy atom. The summed E-state index contributed by atoms with van der Waals surface area (Å²) in [5, 5.41) is 8.58. The van der Waals surface area contributed by atoms with Gasteiger partial charge in [0.25, 0.3) is 0 Å². The van der Waals surface area contributed by atoms with E-state index >= 15 is 0 Å². The van der Waals surface area contributed by atoms with Crippen LogP contribution in [0.4, 0.5) is 13.2 Å². The summed E-state index contributed by atoms with van der Waals surface area (Å²) in [6.45, 7) is 0.140. The Hall–Kier alpha value is -0.820.